The van der Waals surface area contributed by atoms with Crippen molar-refractivity contribution in [1.82, 2.24) is 15.1 Å². The highest BCUT2D eigenvalue weighted by molar-refractivity contribution is 5.95. The number of para-hydroxylation sites is 1. The number of hydrogen-bond donors (Lipinski definition) is 3. The van der Waals surface area contributed by atoms with Gasteiger partial charge in [0, 0.05) is 10.9 Å². The molecular formula is C23H24N4O4. The van der Waals surface area contributed by atoms with Crippen molar-refractivity contribution in [3.05, 3.63) is 75.6 Å². The summed E-state index contributed by atoms with van der Waals surface area (Å²) in [5.74, 6) is -1.10. The van der Waals surface area contributed by atoms with Crippen LogP contribution < -0.4 is 16.5 Å². The Kier molecular flexibility index (Phi) is 5.81. The number of nitrogens with two attached hydrogens (primary N) is 1. The molecule has 8 nitrogen and oxygen atoms in total. The van der Waals surface area contributed by atoms with E-state index in [4.69, 9.17) is 5.73 Å². The number of rotatable bonds is 5. The summed E-state index contributed by atoms with van der Waals surface area (Å²) in [5.41, 5.74) is 6.47. The molecule has 0 spiro atoms. The second-order valence-corrected chi connectivity index (χ2v) is 7.85. The summed E-state index contributed by atoms with van der Waals surface area (Å²) in [6, 6.07) is 13.4. The van der Waals surface area contributed by atoms with Crippen LogP contribution in [0, 0.1) is 0 Å². The van der Waals surface area contributed by atoms with E-state index in [0.29, 0.717) is 35.9 Å². The fraction of sp³-hybridized carbons (Fsp3) is 0.304. The Morgan fingerprint density at radius 3 is 2.52 bits per heavy atom. The van der Waals surface area contributed by atoms with E-state index in [9.17, 15) is 19.5 Å². The molecule has 0 saturated heterocycles. The molecule has 3 aromatic rings. The molecule has 0 bridgehead atoms. The van der Waals surface area contributed by atoms with Gasteiger partial charge in [-0.25, -0.2) is 0 Å². The fourth-order valence-corrected chi connectivity index (χ4v) is 3.97. The zero-order chi connectivity index (χ0) is 22.0. The van der Waals surface area contributed by atoms with E-state index in [1.165, 1.54) is 0 Å². The summed E-state index contributed by atoms with van der Waals surface area (Å²) in [6.07, 6.45) is 2.51. The molecule has 4 N–H and O–H groups in total. The molecule has 31 heavy (non-hydrogen) atoms. The monoisotopic (exact) mass is 420 g/mol. The van der Waals surface area contributed by atoms with Crippen LogP contribution in [0.3, 0.4) is 0 Å². The summed E-state index contributed by atoms with van der Waals surface area (Å²) < 4.78 is 1.60. The molecule has 160 valence electrons. The molecular weight excluding hydrogens is 396 g/mol. The summed E-state index contributed by atoms with van der Waals surface area (Å²) in [6.45, 7) is 0.298. The molecule has 0 aliphatic heterocycles. The van der Waals surface area contributed by atoms with Crippen LogP contribution in [-0.2, 0) is 6.54 Å². The highest BCUT2D eigenvalue weighted by Gasteiger charge is 2.27. The average Bonchev–Trinajstić information content (AvgIpc) is 2.77. The van der Waals surface area contributed by atoms with Gasteiger partial charge in [-0.2, -0.15) is 5.10 Å². The van der Waals surface area contributed by atoms with Crippen LogP contribution in [0.15, 0.2) is 53.3 Å². The Bertz CT molecular complexity index is 1190. The lowest BCUT2D eigenvalue weighted by Gasteiger charge is -2.28. The third kappa shape index (κ3) is 4.34. The average molecular weight is 420 g/mol. The van der Waals surface area contributed by atoms with Crippen LogP contribution >= 0.6 is 0 Å². The number of amides is 2. The Morgan fingerprint density at radius 1 is 1.10 bits per heavy atom. The van der Waals surface area contributed by atoms with E-state index >= 15 is 0 Å². The lowest BCUT2D eigenvalue weighted by atomic mass is 9.92. The number of nitrogens with one attached hydrogen (secondary N) is 1. The summed E-state index contributed by atoms with van der Waals surface area (Å²) in [7, 11) is 0. The largest absolute Gasteiger partial charge is 0.391 e. The minimum atomic E-state index is -0.621. The first-order valence-corrected chi connectivity index (χ1v) is 10.3. The minimum absolute atomic E-state index is 0.203. The molecule has 2 atom stereocenters. The predicted octanol–water partition coefficient (Wildman–Crippen LogP) is 1.58. The number of hydrogen-bond acceptors (Lipinski definition) is 5. The van der Waals surface area contributed by atoms with Crippen LogP contribution in [0.2, 0.25) is 0 Å². The first kappa shape index (κ1) is 20.7. The van der Waals surface area contributed by atoms with Gasteiger partial charge in [-0.15, -0.1) is 0 Å². The maximum Gasteiger partial charge on any atom is 0.276 e. The molecule has 4 rings (SSSR count). The van der Waals surface area contributed by atoms with Gasteiger partial charge in [0.1, 0.15) is 0 Å². The van der Waals surface area contributed by atoms with Gasteiger partial charge in [0.25, 0.3) is 5.91 Å². The van der Waals surface area contributed by atoms with E-state index in [-0.39, 0.29) is 11.7 Å². The topological polar surface area (TPSA) is 127 Å². The van der Waals surface area contributed by atoms with Gasteiger partial charge in [0.15, 0.2) is 5.69 Å². The van der Waals surface area contributed by atoms with Crippen LogP contribution in [0.1, 0.15) is 52.1 Å². The smallest absolute Gasteiger partial charge is 0.276 e. The zero-order valence-corrected chi connectivity index (χ0v) is 17.0. The lowest BCUT2D eigenvalue weighted by molar-refractivity contribution is 0.0711. The maximum atomic E-state index is 13.0. The van der Waals surface area contributed by atoms with Crippen molar-refractivity contribution < 1.29 is 14.7 Å². The molecule has 8 heteroatoms. The van der Waals surface area contributed by atoms with Crippen LogP contribution in [0.4, 0.5) is 0 Å². The van der Waals surface area contributed by atoms with Gasteiger partial charge in [-0.3, -0.25) is 19.1 Å². The number of aromatic nitrogens is 2. The van der Waals surface area contributed by atoms with Crippen LogP contribution in [0.25, 0.3) is 10.9 Å². The molecule has 2 aromatic carbocycles. The number of nitrogens with zero attached hydrogens (tertiary/aromatic N) is 2. The number of primary amides is 1. The molecule has 1 heterocycles. The molecule has 1 aromatic heterocycles. The Balaban J connectivity index is 1.70. The maximum absolute atomic E-state index is 13.0. The molecule has 1 aliphatic carbocycles. The second-order valence-electron chi connectivity index (χ2n) is 7.85. The summed E-state index contributed by atoms with van der Waals surface area (Å²) in [5, 5.41) is 17.7. The van der Waals surface area contributed by atoms with E-state index in [2.05, 4.69) is 10.4 Å². The molecule has 2 amide bonds. The number of carbonyl (C=O) groups excluding carboxylic acids is 2. The highest BCUT2D eigenvalue weighted by atomic mass is 16.3. The molecule has 1 saturated carbocycles. The third-order valence-electron chi connectivity index (χ3n) is 5.69. The zero-order valence-electron chi connectivity index (χ0n) is 17.0. The Labute approximate surface area is 178 Å². The van der Waals surface area contributed by atoms with Crippen molar-refractivity contribution in [2.24, 2.45) is 5.73 Å². The van der Waals surface area contributed by atoms with Crippen LogP contribution in [0.5, 0.6) is 0 Å². The van der Waals surface area contributed by atoms with E-state index in [0.717, 1.165) is 18.4 Å². The van der Waals surface area contributed by atoms with Gasteiger partial charge in [0.2, 0.25) is 11.3 Å². The van der Waals surface area contributed by atoms with Gasteiger partial charge < -0.3 is 16.2 Å². The third-order valence-corrected chi connectivity index (χ3v) is 5.69. The van der Waals surface area contributed by atoms with E-state index < -0.39 is 23.3 Å². The number of aliphatic hydroxyl groups is 1. The number of benzene rings is 2. The standard InChI is InChI=1S/C23H24N4O4/c24-22(30)15-11-9-14(10-12-15)13-27-18-7-3-1-5-16(18)21(29)20(26-27)23(31)25-17-6-2-4-8-19(17)28/h1,3,5,7,9-12,17,19,28H,2,4,6,8,13H2,(H2,24,30)(H,25,31). The number of aliphatic hydroxyl groups excluding tert-OH is 1. The van der Waals surface area contributed by atoms with Gasteiger partial charge >= 0.3 is 0 Å². The van der Waals surface area contributed by atoms with E-state index in [1.54, 1.807) is 53.2 Å². The van der Waals surface area contributed by atoms with Crippen molar-refractivity contribution in [3.8, 4) is 0 Å². The normalized spacial score (nSPS) is 18.6. The molecule has 1 aliphatic rings. The molecule has 0 radical (unpaired) electrons. The lowest BCUT2D eigenvalue weighted by Crippen LogP contribution is -2.46. The minimum Gasteiger partial charge on any atom is -0.391 e. The van der Waals surface area contributed by atoms with Crippen molar-refractivity contribution >= 4 is 22.7 Å². The number of carbonyl (C=O) groups is 2. The van der Waals surface area contributed by atoms with Gasteiger partial charge in [0.05, 0.1) is 24.2 Å². The fourth-order valence-electron chi connectivity index (χ4n) is 3.97. The summed E-state index contributed by atoms with van der Waals surface area (Å²) >= 11 is 0. The van der Waals surface area contributed by atoms with Gasteiger partial charge in [-0.05, 0) is 42.7 Å². The molecule has 1 fully saturated rings. The SMILES string of the molecule is NC(=O)c1ccc(Cn2nc(C(=O)NC3CCCCC3O)c(=O)c3ccccc32)cc1. The first-order chi connectivity index (χ1) is 14.9. The quantitative estimate of drug-likeness (QED) is 0.577. The Hall–Kier alpha value is -3.52. The van der Waals surface area contributed by atoms with Crippen molar-refractivity contribution in [1.29, 1.82) is 0 Å². The molecule has 2 unspecified atom stereocenters. The predicted molar refractivity (Wildman–Crippen MR) is 116 cm³/mol. The summed E-state index contributed by atoms with van der Waals surface area (Å²) in [4.78, 5) is 37.2. The second kappa shape index (κ2) is 8.69. The number of fused-ring (bicyclic) bond motifs is 1. The van der Waals surface area contributed by atoms with Crippen LogP contribution in [-0.4, -0.2) is 38.8 Å². The Morgan fingerprint density at radius 2 is 1.81 bits per heavy atom. The van der Waals surface area contributed by atoms with Crippen molar-refractivity contribution in [3.63, 3.8) is 0 Å². The van der Waals surface area contributed by atoms with Crippen molar-refractivity contribution in [2.75, 3.05) is 0 Å². The first-order valence-electron chi connectivity index (χ1n) is 10.3. The van der Waals surface area contributed by atoms with E-state index in [1.807, 2.05) is 0 Å². The van der Waals surface area contributed by atoms with Crippen molar-refractivity contribution in [2.45, 2.75) is 44.4 Å². The highest BCUT2D eigenvalue weighted by Crippen LogP contribution is 2.19. The van der Waals surface area contributed by atoms with Gasteiger partial charge in [-0.1, -0.05) is 37.1 Å².